The Morgan fingerprint density at radius 3 is 3.05 bits per heavy atom. The molecule has 1 aromatic rings. The first-order valence-electron chi connectivity index (χ1n) is 7.01. The predicted octanol–water partition coefficient (Wildman–Crippen LogP) is 1.60. The second-order valence-corrected chi connectivity index (χ2v) is 6.07. The highest BCUT2D eigenvalue weighted by atomic mass is 32.1. The Bertz CT molecular complexity index is 486. The van der Waals surface area contributed by atoms with E-state index in [9.17, 15) is 13.6 Å². The number of carbonyl (C=O) groups is 1. The van der Waals surface area contributed by atoms with Crippen LogP contribution in [0.25, 0.3) is 0 Å². The van der Waals surface area contributed by atoms with Gasteiger partial charge in [0.05, 0.1) is 13.2 Å². The number of halogens is 2. The molecule has 0 N–H and O–H groups in total. The minimum atomic E-state index is -2.56. The molecule has 8 heteroatoms. The molecule has 0 saturated carbocycles. The Kier molecular flexibility index (Phi) is 4.34. The van der Waals surface area contributed by atoms with E-state index in [1.54, 1.807) is 6.20 Å². The molecule has 2 fully saturated rings. The zero-order valence-electron chi connectivity index (χ0n) is 11.5. The van der Waals surface area contributed by atoms with Crippen LogP contribution in [0.15, 0.2) is 11.6 Å². The van der Waals surface area contributed by atoms with Gasteiger partial charge in [0.1, 0.15) is 12.1 Å². The summed E-state index contributed by atoms with van der Waals surface area (Å²) in [6.07, 6.45) is -0.355. The monoisotopic (exact) mass is 317 g/mol. The highest BCUT2D eigenvalue weighted by Crippen LogP contribution is 2.28. The molecule has 0 aliphatic carbocycles. The van der Waals surface area contributed by atoms with E-state index in [1.807, 2.05) is 10.3 Å². The molecule has 0 radical (unpaired) electrons. The van der Waals surface area contributed by atoms with Gasteiger partial charge in [0.25, 0.3) is 6.43 Å². The van der Waals surface area contributed by atoms with Gasteiger partial charge in [0.2, 0.25) is 5.91 Å². The van der Waals surface area contributed by atoms with Crippen LogP contribution in [-0.2, 0) is 9.53 Å². The summed E-state index contributed by atoms with van der Waals surface area (Å²) < 4.78 is 30.5. The zero-order chi connectivity index (χ0) is 14.8. The zero-order valence-corrected chi connectivity index (χ0v) is 12.3. The lowest BCUT2D eigenvalue weighted by Gasteiger charge is -2.35. The SMILES string of the molecule is O=C([C@@H]1CCCN1c1nccs1)N1CCO[C@@H](C(F)F)C1. The van der Waals surface area contributed by atoms with Gasteiger partial charge in [-0.1, -0.05) is 0 Å². The Morgan fingerprint density at radius 1 is 1.48 bits per heavy atom. The van der Waals surface area contributed by atoms with E-state index in [4.69, 9.17) is 4.74 Å². The van der Waals surface area contributed by atoms with Gasteiger partial charge in [0.15, 0.2) is 5.13 Å². The van der Waals surface area contributed by atoms with Crippen molar-refractivity contribution in [2.24, 2.45) is 0 Å². The summed E-state index contributed by atoms with van der Waals surface area (Å²) in [6, 6.07) is -0.285. The lowest BCUT2D eigenvalue weighted by atomic mass is 10.1. The first-order chi connectivity index (χ1) is 10.2. The third kappa shape index (κ3) is 3.01. The number of hydrogen-bond acceptors (Lipinski definition) is 5. The van der Waals surface area contributed by atoms with Gasteiger partial charge in [-0.2, -0.15) is 0 Å². The maximum Gasteiger partial charge on any atom is 0.266 e. The van der Waals surface area contributed by atoms with Crippen molar-refractivity contribution >= 4 is 22.4 Å². The molecule has 0 aromatic carbocycles. The van der Waals surface area contributed by atoms with E-state index in [-0.39, 0.29) is 25.1 Å². The second kappa shape index (κ2) is 6.23. The number of alkyl halides is 2. The Hall–Kier alpha value is -1.28. The number of hydrogen-bond donors (Lipinski definition) is 0. The summed E-state index contributed by atoms with van der Waals surface area (Å²) in [7, 11) is 0. The van der Waals surface area contributed by atoms with Crippen molar-refractivity contribution in [3.05, 3.63) is 11.6 Å². The molecule has 3 heterocycles. The number of rotatable bonds is 3. The summed E-state index contributed by atoms with van der Waals surface area (Å²) in [5.41, 5.74) is 0. The highest BCUT2D eigenvalue weighted by Gasteiger charge is 2.38. The Balaban J connectivity index is 1.69. The average Bonchev–Trinajstić information content (AvgIpc) is 3.17. The quantitative estimate of drug-likeness (QED) is 0.849. The van der Waals surface area contributed by atoms with Crippen molar-refractivity contribution in [2.45, 2.75) is 31.4 Å². The fourth-order valence-electron chi connectivity index (χ4n) is 2.85. The molecule has 2 saturated heterocycles. The molecular formula is C13H17F2N3O2S. The van der Waals surface area contributed by atoms with E-state index < -0.39 is 12.5 Å². The Morgan fingerprint density at radius 2 is 2.33 bits per heavy atom. The number of thiazole rings is 1. The van der Waals surface area contributed by atoms with Crippen LogP contribution in [0, 0.1) is 0 Å². The summed E-state index contributed by atoms with van der Waals surface area (Å²) in [5.74, 6) is -0.0864. The van der Waals surface area contributed by atoms with Crippen molar-refractivity contribution in [2.75, 3.05) is 31.1 Å². The maximum absolute atomic E-state index is 12.8. The summed E-state index contributed by atoms with van der Waals surface area (Å²) in [5, 5.41) is 2.70. The first kappa shape index (κ1) is 14.6. The molecular weight excluding hydrogens is 300 g/mol. The van der Waals surface area contributed by atoms with E-state index in [1.165, 1.54) is 16.2 Å². The highest BCUT2D eigenvalue weighted by molar-refractivity contribution is 7.13. The smallest absolute Gasteiger partial charge is 0.266 e. The van der Waals surface area contributed by atoms with Crippen LogP contribution in [0.5, 0.6) is 0 Å². The number of anilines is 1. The van der Waals surface area contributed by atoms with Gasteiger partial charge in [-0.25, -0.2) is 13.8 Å². The second-order valence-electron chi connectivity index (χ2n) is 5.19. The Labute approximate surface area is 125 Å². The van der Waals surface area contributed by atoms with Crippen molar-refractivity contribution < 1.29 is 18.3 Å². The summed E-state index contributed by atoms with van der Waals surface area (Å²) in [6.45, 7) is 1.31. The molecule has 0 spiro atoms. The van der Waals surface area contributed by atoms with Gasteiger partial charge >= 0.3 is 0 Å². The molecule has 1 amide bonds. The number of aromatic nitrogens is 1. The van der Waals surface area contributed by atoms with E-state index in [0.29, 0.717) is 6.54 Å². The third-order valence-corrected chi connectivity index (χ3v) is 4.70. The fourth-order valence-corrected chi connectivity index (χ4v) is 3.57. The van der Waals surface area contributed by atoms with E-state index >= 15 is 0 Å². The lowest BCUT2D eigenvalue weighted by Crippen LogP contribution is -2.53. The van der Waals surface area contributed by atoms with Crippen molar-refractivity contribution in [3.8, 4) is 0 Å². The van der Waals surface area contributed by atoms with Crippen LogP contribution in [0.4, 0.5) is 13.9 Å². The molecule has 0 unspecified atom stereocenters. The minimum Gasteiger partial charge on any atom is -0.369 e. The molecule has 3 rings (SSSR count). The van der Waals surface area contributed by atoms with Crippen LogP contribution in [0.2, 0.25) is 0 Å². The van der Waals surface area contributed by atoms with Crippen LogP contribution in [0.3, 0.4) is 0 Å². The van der Waals surface area contributed by atoms with Crippen LogP contribution < -0.4 is 4.90 Å². The van der Waals surface area contributed by atoms with Crippen LogP contribution in [0.1, 0.15) is 12.8 Å². The van der Waals surface area contributed by atoms with Crippen LogP contribution in [-0.4, -0.2) is 60.6 Å². The van der Waals surface area contributed by atoms with Crippen molar-refractivity contribution in [1.82, 2.24) is 9.88 Å². The minimum absolute atomic E-state index is 0.0291. The summed E-state index contributed by atoms with van der Waals surface area (Å²) in [4.78, 5) is 20.4. The average molecular weight is 317 g/mol. The molecule has 116 valence electrons. The first-order valence-corrected chi connectivity index (χ1v) is 7.89. The van der Waals surface area contributed by atoms with Crippen LogP contribution >= 0.6 is 11.3 Å². The molecule has 5 nitrogen and oxygen atoms in total. The van der Waals surface area contributed by atoms with Gasteiger partial charge in [-0.3, -0.25) is 4.79 Å². The molecule has 2 atom stereocenters. The normalized spacial score (nSPS) is 26.6. The maximum atomic E-state index is 12.8. The number of carbonyl (C=O) groups excluding carboxylic acids is 1. The van der Waals surface area contributed by atoms with Crippen molar-refractivity contribution in [3.63, 3.8) is 0 Å². The lowest BCUT2D eigenvalue weighted by molar-refractivity contribution is -0.147. The molecule has 0 bridgehead atoms. The van der Waals surface area contributed by atoms with E-state index in [0.717, 1.165) is 24.5 Å². The number of amides is 1. The number of morpholine rings is 1. The molecule has 21 heavy (non-hydrogen) atoms. The standard InChI is InChI=1S/C13H17F2N3O2S/c14-11(15)10-8-17(5-6-20-10)12(19)9-2-1-4-18(9)13-16-3-7-21-13/h3,7,9-11H,1-2,4-6,8H2/t9-,10+/m0/s1. The van der Waals surface area contributed by atoms with E-state index in [2.05, 4.69) is 4.98 Å². The summed E-state index contributed by atoms with van der Waals surface area (Å²) >= 11 is 1.49. The molecule has 1 aromatic heterocycles. The number of ether oxygens (including phenoxy) is 1. The largest absolute Gasteiger partial charge is 0.369 e. The number of nitrogens with zero attached hydrogens (tertiary/aromatic N) is 3. The third-order valence-electron chi connectivity index (χ3n) is 3.89. The van der Waals surface area contributed by atoms with Gasteiger partial charge in [0, 0.05) is 24.7 Å². The molecule has 2 aliphatic heterocycles. The van der Waals surface area contributed by atoms with Gasteiger partial charge < -0.3 is 14.5 Å². The fraction of sp³-hybridized carbons (Fsp3) is 0.692. The van der Waals surface area contributed by atoms with Gasteiger partial charge in [-0.05, 0) is 12.8 Å². The van der Waals surface area contributed by atoms with Crippen molar-refractivity contribution in [1.29, 1.82) is 0 Å². The topological polar surface area (TPSA) is 45.7 Å². The molecule has 2 aliphatic rings. The predicted molar refractivity (Wildman–Crippen MR) is 74.8 cm³/mol. The van der Waals surface area contributed by atoms with Gasteiger partial charge in [-0.15, -0.1) is 11.3 Å².